The molecule has 0 unspecified atom stereocenters. The lowest BCUT2D eigenvalue weighted by atomic mass is 9.97. The van der Waals surface area contributed by atoms with Crippen LogP contribution in [0, 0.1) is 0 Å². The molecule has 0 bridgehead atoms. The highest BCUT2D eigenvalue weighted by molar-refractivity contribution is 5.55. The fourth-order valence-corrected chi connectivity index (χ4v) is 2.46. The summed E-state index contributed by atoms with van der Waals surface area (Å²) in [5.41, 5.74) is 4.49. The lowest BCUT2D eigenvalue weighted by molar-refractivity contribution is 0.784. The molecule has 0 aliphatic heterocycles. The summed E-state index contributed by atoms with van der Waals surface area (Å²) in [6, 6.07) is 7.12. The summed E-state index contributed by atoms with van der Waals surface area (Å²) in [6.45, 7) is 6.79. The van der Waals surface area contributed by atoms with E-state index in [1.54, 1.807) is 0 Å². The van der Waals surface area contributed by atoms with Gasteiger partial charge in [-0.3, -0.25) is 0 Å². The average molecular weight is 272 g/mol. The van der Waals surface area contributed by atoms with E-state index < -0.39 is 0 Å². The summed E-state index contributed by atoms with van der Waals surface area (Å²) >= 11 is 0. The molecule has 1 aromatic rings. The van der Waals surface area contributed by atoms with Gasteiger partial charge in [0.15, 0.2) is 0 Å². The lowest BCUT2D eigenvalue weighted by Gasteiger charge is -2.09. The third kappa shape index (κ3) is 6.41. The van der Waals surface area contributed by atoms with Crippen molar-refractivity contribution >= 4 is 6.08 Å². The maximum atomic E-state index is 2.42. The number of hydrogen-bond acceptors (Lipinski definition) is 0. The third-order valence-corrected chi connectivity index (χ3v) is 3.85. The van der Waals surface area contributed by atoms with Gasteiger partial charge in [-0.1, -0.05) is 76.8 Å². The topological polar surface area (TPSA) is 0 Å². The minimum atomic E-state index is 1.21. The predicted octanol–water partition coefficient (Wildman–Crippen LogP) is 6.58. The minimum Gasteiger partial charge on any atom is -0.0839 e. The molecule has 0 N–H and O–H groups in total. The van der Waals surface area contributed by atoms with Gasteiger partial charge in [0, 0.05) is 0 Å². The molecule has 0 heteroatoms. The van der Waals surface area contributed by atoms with Crippen LogP contribution in [0.2, 0.25) is 0 Å². The lowest BCUT2D eigenvalue weighted by Crippen LogP contribution is -1.93. The molecule has 0 spiro atoms. The molecule has 0 radical (unpaired) electrons. The second-order valence-electron chi connectivity index (χ2n) is 5.78. The molecule has 0 saturated carbocycles. The van der Waals surface area contributed by atoms with Crippen LogP contribution < -0.4 is 0 Å². The van der Waals surface area contributed by atoms with Crippen molar-refractivity contribution in [1.82, 2.24) is 0 Å². The van der Waals surface area contributed by atoms with Gasteiger partial charge >= 0.3 is 0 Å². The molecule has 0 fully saturated rings. The maximum Gasteiger partial charge on any atom is -0.0225 e. The highest BCUT2D eigenvalue weighted by Gasteiger charge is 2.02. The Morgan fingerprint density at radius 2 is 1.55 bits per heavy atom. The van der Waals surface area contributed by atoms with E-state index in [0.717, 1.165) is 0 Å². The van der Waals surface area contributed by atoms with E-state index >= 15 is 0 Å². The normalized spacial score (nSPS) is 11.3. The average Bonchev–Trinajstić information content (AvgIpc) is 2.48. The summed E-state index contributed by atoms with van der Waals surface area (Å²) in [4.78, 5) is 0. The summed E-state index contributed by atoms with van der Waals surface area (Å²) in [5.74, 6) is 0. The van der Waals surface area contributed by atoms with Crippen molar-refractivity contribution in [3.63, 3.8) is 0 Å². The molecule has 0 atom stereocenters. The fourth-order valence-electron chi connectivity index (χ4n) is 2.46. The van der Waals surface area contributed by atoms with Gasteiger partial charge in [0.05, 0.1) is 0 Å². The summed E-state index contributed by atoms with van der Waals surface area (Å²) < 4.78 is 0. The number of rotatable bonds is 10. The van der Waals surface area contributed by atoms with Crippen LogP contribution in [-0.2, 0) is 12.8 Å². The van der Waals surface area contributed by atoms with E-state index in [1.165, 1.54) is 74.5 Å². The molecule has 0 aliphatic carbocycles. The zero-order valence-corrected chi connectivity index (χ0v) is 13.8. The Kier molecular flexibility index (Phi) is 9.11. The number of allylic oxidation sites excluding steroid dienone is 1. The highest BCUT2D eigenvalue weighted by Crippen LogP contribution is 2.18. The largest absolute Gasteiger partial charge is 0.0839 e. The molecule has 0 heterocycles. The highest BCUT2D eigenvalue weighted by atomic mass is 14.1. The van der Waals surface area contributed by atoms with Gasteiger partial charge < -0.3 is 0 Å². The first-order valence-electron chi connectivity index (χ1n) is 8.60. The number of hydrogen-bond donors (Lipinski definition) is 0. The van der Waals surface area contributed by atoms with Gasteiger partial charge in [0.1, 0.15) is 0 Å². The van der Waals surface area contributed by atoms with Crippen LogP contribution in [0.4, 0.5) is 0 Å². The molecular formula is C20H32. The van der Waals surface area contributed by atoms with Crippen molar-refractivity contribution in [1.29, 1.82) is 0 Å². The van der Waals surface area contributed by atoms with Crippen molar-refractivity contribution in [2.45, 2.75) is 78.6 Å². The molecular weight excluding hydrogens is 240 g/mol. The number of unbranched alkanes of at least 4 members (excludes halogenated alkanes) is 4. The predicted molar refractivity (Wildman–Crippen MR) is 92.2 cm³/mol. The van der Waals surface area contributed by atoms with Crippen LogP contribution in [0.15, 0.2) is 24.3 Å². The van der Waals surface area contributed by atoms with E-state index in [4.69, 9.17) is 0 Å². The first kappa shape index (κ1) is 17.0. The monoisotopic (exact) mass is 272 g/mol. The smallest absolute Gasteiger partial charge is 0.0225 e. The summed E-state index contributed by atoms with van der Waals surface area (Å²) in [6.07, 6.45) is 16.1. The van der Waals surface area contributed by atoms with Gasteiger partial charge in [0.25, 0.3) is 0 Å². The maximum absolute atomic E-state index is 2.42. The second-order valence-corrected chi connectivity index (χ2v) is 5.78. The van der Waals surface area contributed by atoms with E-state index in [2.05, 4.69) is 51.1 Å². The van der Waals surface area contributed by atoms with E-state index in [-0.39, 0.29) is 0 Å². The van der Waals surface area contributed by atoms with Crippen molar-refractivity contribution < 1.29 is 0 Å². The van der Waals surface area contributed by atoms with Crippen molar-refractivity contribution in [2.75, 3.05) is 0 Å². The molecule has 20 heavy (non-hydrogen) atoms. The quantitative estimate of drug-likeness (QED) is 0.422. The Morgan fingerprint density at radius 1 is 0.850 bits per heavy atom. The van der Waals surface area contributed by atoms with E-state index in [9.17, 15) is 0 Å². The SMILES string of the molecule is CCCCC=Cc1cc(CCCC)ccc1CCCC. The standard InChI is InChI=1S/C20H32/c1-4-7-10-11-14-20-17-18(12-8-5-2)15-16-19(20)13-9-6-3/h11,14-17H,4-10,12-13H2,1-3H3. The molecule has 0 saturated heterocycles. The molecule has 112 valence electrons. The molecule has 1 rings (SSSR count). The van der Waals surface area contributed by atoms with Gasteiger partial charge in [-0.05, 0) is 48.8 Å². The van der Waals surface area contributed by atoms with Gasteiger partial charge in [-0.15, -0.1) is 0 Å². The molecule has 0 amide bonds. The zero-order chi connectivity index (χ0) is 14.6. The summed E-state index contributed by atoms with van der Waals surface area (Å²) in [7, 11) is 0. The number of benzene rings is 1. The van der Waals surface area contributed by atoms with Crippen LogP contribution in [0.5, 0.6) is 0 Å². The van der Waals surface area contributed by atoms with Crippen LogP contribution in [0.3, 0.4) is 0 Å². The molecule has 0 aliphatic rings. The Labute approximate surface area is 126 Å². The van der Waals surface area contributed by atoms with Crippen LogP contribution in [0.25, 0.3) is 6.08 Å². The molecule has 0 aromatic heterocycles. The Morgan fingerprint density at radius 3 is 2.25 bits per heavy atom. The zero-order valence-electron chi connectivity index (χ0n) is 13.8. The van der Waals surface area contributed by atoms with Crippen LogP contribution in [0.1, 0.15) is 82.4 Å². The Hall–Kier alpha value is -1.04. The molecule has 0 nitrogen and oxygen atoms in total. The van der Waals surface area contributed by atoms with Gasteiger partial charge in [-0.2, -0.15) is 0 Å². The summed E-state index contributed by atoms with van der Waals surface area (Å²) in [5, 5.41) is 0. The number of aryl methyl sites for hydroxylation is 2. The van der Waals surface area contributed by atoms with Crippen molar-refractivity contribution in [3.05, 3.63) is 41.0 Å². The Balaban J connectivity index is 2.78. The minimum absolute atomic E-state index is 1.21. The van der Waals surface area contributed by atoms with E-state index in [0.29, 0.717) is 0 Å². The van der Waals surface area contributed by atoms with Gasteiger partial charge in [-0.25, -0.2) is 0 Å². The van der Waals surface area contributed by atoms with Crippen molar-refractivity contribution in [3.8, 4) is 0 Å². The van der Waals surface area contributed by atoms with Crippen LogP contribution in [-0.4, -0.2) is 0 Å². The third-order valence-electron chi connectivity index (χ3n) is 3.85. The Bertz CT molecular complexity index is 387. The second kappa shape index (κ2) is 10.7. The van der Waals surface area contributed by atoms with E-state index in [1.807, 2.05) is 0 Å². The molecule has 1 aromatic carbocycles. The van der Waals surface area contributed by atoms with Crippen LogP contribution >= 0.6 is 0 Å². The first-order chi connectivity index (χ1) is 9.81. The van der Waals surface area contributed by atoms with Gasteiger partial charge in [0.2, 0.25) is 0 Å². The fraction of sp³-hybridized carbons (Fsp3) is 0.600. The first-order valence-corrected chi connectivity index (χ1v) is 8.60. The van der Waals surface area contributed by atoms with Crippen molar-refractivity contribution in [2.24, 2.45) is 0 Å².